The third-order valence-corrected chi connectivity index (χ3v) is 3.08. The SMILES string of the molecule is Cc1cc(OCC(O)CNC(CO)CO)ccc1Cl. The molecule has 0 fully saturated rings. The van der Waals surface area contributed by atoms with Crippen LogP contribution in [0.5, 0.6) is 5.75 Å². The number of aliphatic hydroxyl groups is 3. The largest absolute Gasteiger partial charge is 0.491 e. The summed E-state index contributed by atoms with van der Waals surface area (Å²) < 4.78 is 5.43. The van der Waals surface area contributed by atoms with E-state index in [0.29, 0.717) is 10.8 Å². The highest BCUT2D eigenvalue weighted by Crippen LogP contribution is 2.20. The van der Waals surface area contributed by atoms with Gasteiger partial charge in [-0.1, -0.05) is 11.6 Å². The van der Waals surface area contributed by atoms with Gasteiger partial charge in [0.15, 0.2) is 0 Å². The Morgan fingerprint density at radius 2 is 2.00 bits per heavy atom. The van der Waals surface area contributed by atoms with E-state index in [2.05, 4.69) is 5.32 Å². The first-order valence-electron chi connectivity index (χ1n) is 6.09. The molecule has 6 heteroatoms. The van der Waals surface area contributed by atoms with Gasteiger partial charge in [0.2, 0.25) is 0 Å². The molecule has 19 heavy (non-hydrogen) atoms. The van der Waals surface area contributed by atoms with Gasteiger partial charge in [-0.15, -0.1) is 0 Å². The first kappa shape index (κ1) is 16.2. The fourth-order valence-corrected chi connectivity index (χ4v) is 1.57. The average Bonchev–Trinajstić information content (AvgIpc) is 2.41. The van der Waals surface area contributed by atoms with Crippen molar-refractivity contribution in [2.45, 2.75) is 19.1 Å². The fourth-order valence-electron chi connectivity index (χ4n) is 1.45. The molecule has 5 nitrogen and oxygen atoms in total. The van der Waals surface area contributed by atoms with Crippen LogP contribution in [-0.2, 0) is 0 Å². The van der Waals surface area contributed by atoms with Gasteiger partial charge in [-0.25, -0.2) is 0 Å². The Labute approximate surface area is 117 Å². The predicted octanol–water partition coefficient (Wildman–Crippen LogP) is 0.331. The Kier molecular flexibility index (Phi) is 7.12. The van der Waals surface area contributed by atoms with Crippen molar-refractivity contribution < 1.29 is 20.1 Å². The lowest BCUT2D eigenvalue weighted by Crippen LogP contribution is -2.41. The topological polar surface area (TPSA) is 82.0 Å². The number of hydrogen-bond acceptors (Lipinski definition) is 5. The molecule has 0 radical (unpaired) electrons. The van der Waals surface area contributed by atoms with Crippen molar-refractivity contribution in [2.75, 3.05) is 26.4 Å². The second-order valence-electron chi connectivity index (χ2n) is 4.35. The molecule has 1 aromatic carbocycles. The summed E-state index contributed by atoms with van der Waals surface area (Å²) in [5, 5.41) is 30.9. The van der Waals surface area contributed by atoms with E-state index >= 15 is 0 Å². The highest BCUT2D eigenvalue weighted by atomic mass is 35.5. The number of hydrogen-bond donors (Lipinski definition) is 4. The molecule has 1 unspecified atom stereocenters. The summed E-state index contributed by atoms with van der Waals surface area (Å²) in [6, 6.07) is 4.85. The molecule has 0 spiro atoms. The Hall–Kier alpha value is -0.850. The zero-order valence-electron chi connectivity index (χ0n) is 10.8. The van der Waals surface area contributed by atoms with Crippen molar-refractivity contribution in [3.63, 3.8) is 0 Å². The lowest BCUT2D eigenvalue weighted by atomic mass is 10.2. The minimum atomic E-state index is -0.725. The van der Waals surface area contributed by atoms with Gasteiger partial charge in [0.1, 0.15) is 18.5 Å². The molecule has 4 N–H and O–H groups in total. The van der Waals surface area contributed by atoms with Gasteiger partial charge in [-0.3, -0.25) is 0 Å². The summed E-state index contributed by atoms with van der Waals surface area (Å²) in [5.41, 5.74) is 0.910. The van der Waals surface area contributed by atoms with E-state index in [-0.39, 0.29) is 26.4 Å². The van der Waals surface area contributed by atoms with Gasteiger partial charge in [0.25, 0.3) is 0 Å². The van der Waals surface area contributed by atoms with E-state index in [0.717, 1.165) is 5.56 Å². The van der Waals surface area contributed by atoms with Gasteiger partial charge in [-0.2, -0.15) is 0 Å². The standard InChI is InChI=1S/C13H20ClNO4/c1-9-4-12(2-3-13(9)14)19-8-11(18)5-15-10(6-16)7-17/h2-4,10-11,15-18H,5-8H2,1H3. The van der Waals surface area contributed by atoms with Crippen LogP contribution in [-0.4, -0.2) is 53.8 Å². The van der Waals surface area contributed by atoms with E-state index in [1.165, 1.54) is 0 Å². The molecular weight excluding hydrogens is 270 g/mol. The molecule has 108 valence electrons. The Bertz CT molecular complexity index is 385. The molecule has 0 bridgehead atoms. The van der Waals surface area contributed by atoms with Gasteiger partial charge < -0.3 is 25.4 Å². The first-order chi connectivity index (χ1) is 9.06. The summed E-state index contributed by atoms with van der Waals surface area (Å²) >= 11 is 5.90. The van der Waals surface area contributed by atoms with Crippen LogP contribution in [0, 0.1) is 6.92 Å². The van der Waals surface area contributed by atoms with E-state index in [1.807, 2.05) is 6.92 Å². The number of ether oxygens (including phenoxy) is 1. The normalized spacial score (nSPS) is 12.7. The third-order valence-electron chi connectivity index (χ3n) is 2.65. The van der Waals surface area contributed by atoms with Crippen LogP contribution in [0.2, 0.25) is 5.02 Å². The number of aryl methyl sites for hydroxylation is 1. The van der Waals surface area contributed by atoms with Crippen molar-refractivity contribution >= 4 is 11.6 Å². The maximum Gasteiger partial charge on any atom is 0.119 e. The molecule has 0 saturated carbocycles. The summed E-state index contributed by atoms with van der Waals surface area (Å²) in [6.45, 7) is 1.87. The van der Waals surface area contributed by atoms with E-state index in [9.17, 15) is 5.11 Å². The number of nitrogens with one attached hydrogen (secondary N) is 1. The number of halogens is 1. The van der Waals surface area contributed by atoms with Crippen LogP contribution >= 0.6 is 11.6 Å². The van der Waals surface area contributed by atoms with Gasteiger partial charge in [-0.05, 0) is 30.7 Å². The number of rotatable bonds is 8. The zero-order chi connectivity index (χ0) is 14.3. The van der Waals surface area contributed by atoms with Crippen molar-refractivity contribution in [2.24, 2.45) is 0 Å². The number of aliphatic hydroxyl groups excluding tert-OH is 3. The molecule has 0 saturated heterocycles. The van der Waals surface area contributed by atoms with Crippen LogP contribution in [0.25, 0.3) is 0 Å². The minimum Gasteiger partial charge on any atom is -0.491 e. The van der Waals surface area contributed by atoms with E-state index in [4.69, 9.17) is 26.6 Å². The smallest absolute Gasteiger partial charge is 0.119 e. The molecule has 1 aromatic rings. The molecule has 0 aliphatic carbocycles. The van der Waals surface area contributed by atoms with Crippen LogP contribution < -0.4 is 10.1 Å². The van der Waals surface area contributed by atoms with Gasteiger partial charge in [0, 0.05) is 11.6 Å². The third kappa shape index (κ3) is 5.76. The highest BCUT2D eigenvalue weighted by molar-refractivity contribution is 6.31. The maximum absolute atomic E-state index is 9.70. The zero-order valence-corrected chi connectivity index (χ0v) is 11.6. The first-order valence-corrected chi connectivity index (χ1v) is 6.46. The van der Waals surface area contributed by atoms with Crippen LogP contribution in [0.4, 0.5) is 0 Å². The molecule has 0 aromatic heterocycles. The van der Waals surface area contributed by atoms with Gasteiger partial charge in [0.05, 0.1) is 19.3 Å². The van der Waals surface area contributed by atoms with Crippen molar-refractivity contribution in [3.8, 4) is 5.75 Å². The second kappa shape index (κ2) is 8.35. The fraction of sp³-hybridized carbons (Fsp3) is 0.538. The molecular formula is C13H20ClNO4. The Balaban J connectivity index is 2.33. The number of benzene rings is 1. The van der Waals surface area contributed by atoms with E-state index < -0.39 is 12.1 Å². The van der Waals surface area contributed by atoms with Crippen molar-refractivity contribution in [1.82, 2.24) is 5.32 Å². The van der Waals surface area contributed by atoms with Gasteiger partial charge >= 0.3 is 0 Å². The monoisotopic (exact) mass is 289 g/mol. The molecule has 1 rings (SSSR count). The Morgan fingerprint density at radius 1 is 1.32 bits per heavy atom. The van der Waals surface area contributed by atoms with Crippen molar-refractivity contribution in [1.29, 1.82) is 0 Å². The average molecular weight is 290 g/mol. The second-order valence-corrected chi connectivity index (χ2v) is 4.75. The molecule has 1 atom stereocenters. The molecule has 0 aliphatic rings. The van der Waals surface area contributed by atoms with Crippen LogP contribution in [0.1, 0.15) is 5.56 Å². The molecule has 0 aliphatic heterocycles. The molecule has 0 heterocycles. The predicted molar refractivity (Wildman–Crippen MR) is 73.7 cm³/mol. The quantitative estimate of drug-likeness (QED) is 0.554. The lowest BCUT2D eigenvalue weighted by molar-refractivity contribution is 0.0929. The van der Waals surface area contributed by atoms with Crippen molar-refractivity contribution in [3.05, 3.63) is 28.8 Å². The maximum atomic E-state index is 9.70. The highest BCUT2D eigenvalue weighted by Gasteiger charge is 2.10. The van der Waals surface area contributed by atoms with Crippen LogP contribution in [0.3, 0.4) is 0 Å². The van der Waals surface area contributed by atoms with Crippen LogP contribution in [0.15, 0.2) is 18.2 Å². The summed E-state index contributed by atoms with van der Waals surface area (Å²) in [6.07, 6.45) is -0.725. The lowest BCUT2D eigenvalue weighted by Gasteiger charge is -2.17. The van der Waals surface area contributed by atoms with E-state index in [1.54, 1.807) is 18.2 Å². The Morgan fingerprint density at radius 3 is 2.58 bits per heavy atom. The summed E-state index contributed by atoms with van der Waals surface area (Å²) in [5.74, 6) is 0.641. The molecule has 0 amide bonds. The summed E-state index contributed by atoms with van der Waals surface area (Å²) in [7, 11) is 0. The minimum absolute atomic E-state index is 0.123. The summed E-state index contributed by atoms with van der Waals surface area (Å²) in [4.78, 5) is 0.